The van der Waals surface area contributed by atoms with Gasteiger partial charge in [0.25, 0.3) is 10.0 Å². The molecule has 158 valence electrons. The van der Waals surface area contributed by atoms with Crippen molar-refractivity contribution in [2.45, 2.75) is 45.1 Å². The molecule has 7 heteroatoms. The van der Waals surface area contributed by atoms with Gasteiger partial charge in [0.05, 0.1) is 17.7 Å². The third-order valence-electron chi connectivity index (χ3n) is 5.12. The zero-order chi connectivity index (χ0) is 21.8. The SMILES string of the molecule is COc1ccc(N(CCC(=O)N(C)C(C)C)S(=O)(=O)c2ccc(C)c(C)c2)cc1. The van der Waals surface area contributed by atoms with Gasteiger partial charge in [-0.1, -0.05) is 6.07 Å². The maximum absolute atomic E-state index is 13.4. The van der Waals surface area contributed by atoms with E-state index in [9.17, 15) is 13.2 Å². The van der Waals surface area contributed by atoms with Crippen LogP contribution in [0, 0.1) is 13.8 Å². The molecule has 0 fully saturated rings. The number of anilines is 1. The lowest BCUT2D eigenvalue weighted by Gasteiger charge is -2.27. The smallest absolute Gasteiger partial charge is 0.264 e. The van der Waals surface area contributed by atoms with Crippen LogP contribution in [0.25, 0.3) is 0 Å². The van der Waals surface area contributed by atoms with Crippen LogP contribution in [0.15, 0.2) is 47.4 Å². The van der Waals surface area contributed by atoms with Crippen molar-refractivity contribution in [3.8, 4) is 5.75 Å². The molecule has 0 saturated heterocycles. The summed E-state index contributed by atoms with van der Waals surface area (Å²) in [6.45, 7) is 7.72. The summed E-state index contributed by atoms with van der Waals surface area (Å²) in [7, 11) is -0.553. The molecule has 2 aromatic rings. The summed E-state index contributed by atoms with van der Waals surface area (Å²) >= 11 is 0. The van der Waals surface area contributed by atoms with Crippen LogP contribution in [0.3, 0.4) is 0 Å². The predicted octanol–water partition coefficient (Wildman–Crippen LogP) is 3.76. The number of rotatable bonds is 8. The molecular weight excluding hydrogens is 388 g/mol. The number of sulfonamides is 1. The summed E-state index contributed by atoms with van der Waals surface area (Å²) in [5.74, 6) is 0.529. The number of ether oxygens (including phenoxy) is 1. The van der Waals surface area contributed by atoms with Gasteiger partial charge in [-0.25, -0.2) is 8.42 Å². The van der Waals surface area contributed by atoms with E-state index >= 15 is 0 Å². The second-order valence-corrected chi connectivity index (χ2v) is 9.23. The van der Waals surface area contributed by atoms with Crippen LogP contribution in [0.2, 0.25) is 0 Å². The van der Waals surface area contributed by atoms with E-state index in [1.54, 1.807) is 61.5 Å². The minimum Gasteiger partial charge on any atom is -0.497 e. The molecule has 0 heterocycles. The highest BCUT2D eigenvalue weighted by Gasteiger charge is 2.26. The Kier molecular flexibility index (Phi) is 7.30. The first-order valence-electron chi connectivity index (χ1n) is 9.57. The minimum atomic E-state index is -3.83. The van der Waals surface area contributed by atoms with Gasteiger partial charge >= 0.3 is 0 Å². The summed E-state index contributed by atoms with van der Waals surface area (Å²) < 4.78 is 33.3. The van der Waals surface area contributed by atoms with Crippen LogP contribution in [0.4, 0.5) is 5.69 Å². The Morgan fingerprint density at radius 3 is 2.17 bits per heavy atom. The first kappa shape index (κ1) is 22.7. The van der Waals surface area contributed by atoms with Crippen molar-refractivity contribution in [1.29, 1.82) is 0 Å². The number of benzene rings is 2. The highest BCUT2D eigenvalue weighted by molar-refractivity contribution is 7.92. The van der Waals surface area contributed by atoms with Crippen LogP contribution in [-0.2, 0) is 14.8 Å². The molecule has 0 radical (unpaired) electrons. The molecule has 1 amide bonds. The zero-order valence-corrected chi connectivity index (χ0v) is 18.8. The molecule has 0 aliphatic rings. The molecule has 0 bridgehead atoms. The van der Waals surface area contributed by atoms with Crippen molar-refractivity contribution in [3.63, 3.8) is 0 Å². The maximum Gasteiger partial charge on any atom is 0.264 e. The zero-order valence-electron chi connectivity index (χ0n) is 18.0. The van der Waals surface area contributed by atoms with Gasteiger partial charge in [-0.05, 0) is 75.2 Å². The first-order chi connectivity index (χ1) is 13.6. The average Bonchev–Trinajstić information content (AvgIpc) is 2.69. The average molecular weight is 419 g/mol. The van der Waals surface area contributed by atoms with E-state index in [0.29, 0.717) is 11.4 Å². The number of aryl methyl sites for hydroxylation is 2. The predicted molar refractivity (Wildman–Crippen MR) is 116 cm³/mol. The Hall–Kier alpha value is -2.54. The van der Waals surface area contributed by atoms with Crippen LogP contribution in [0.1, 0.15) is 31.4 Å². The normalized spacial score (nSPS) is 11.4. The summed E-state index contributed by atoms with van der Waals surface area (Å²) in [5, 5.41) is 0. The molecule has 0 N–H and O–H groups in total. The maximum atomic E-state index is 13.4. The van der Waals surface area contributed by atoms with E-state index in [0.717, 1.165) is 11.1 Å². The Labute approximate surface area is 174 Å². The van der Waals surface area contributed by atoms with E-state index in [1.807, 2.05) is 27.7 Å². The highest BCUT2D eigenvalue weighted by atomic mass is 32.2. The van der Waals surface area contributed by atoms with E-state index in [1.165, 1.54) is 4.31 Å². The fraction of sp³-hybridized carbons (Fsp3) is 0.409. The number of amides is 1. The van der Waals surface area contributed by atoms with Gasteiger partial charge in [0, 0.05) is 26.1 Å². The van der Waals surface area contributed by atoms with Crippen molar-refractivity contribution in [3.05, 3.63) is 53.6 Å². The van der Waals surface area contributed by atoms with Crippen molar-refractivity contribution in [1.82, 2.24) is 4.90 Å². The van der Waals surface area contributed by atoms with Crippen molar-refractivity contribution in [2.75, 3.05) is 25.0 Å². The highest BCUT2D eigenvalue weighted by Crippen LogP contribution is 2.27. The van der Waals surface area contributed by atoms with Crippen molar-refractivity contribution < 1.29 is 17.9 Å². The third kappa shape index (κ3) is 5.29. The summed E-state index contributed by atoms with van der Waals surface area (Å²) in [4.78, 5) is 14.3. The quantitative estimate of drug-likeness (QED) is 0.655. The van der Waals surface area contributed by atoms with Gasteiger partial charge in [-0.3, -0.25) is 9.10 Å². The first-order valence-corrected chi connectivity index (χ1v) is 11.0. The van der Waals surface area contributed by atoms with E-state index in [2.05, 4.69) is 0 Å². The molecule has 0 spiro atoms. The monoisotopic (exact) mass is 418 g/mol. The van der Waals surface area contributed by atoms with Crippen molar-refractivity contribution >= 4 is 21.6 Å². The minimum absolute atomic E-state index is 0.0493. The number of hydrogen-bond acceptors (Lipinski definition) is 4. The summed E-state index contributed by atoms with van der Waals surface area (Å²) in [6.07, 6.45) is 0.0881. The molecule has 2 rings (SSSR count). The molecule has 2 aromatic carbocycles. The lowest BCUT2D eigenvalue weighted by atomic mass is 10.1. The third-order valence-corrected chi connectivity index (χ3v) is 6.95. The van der Waals surface area contributed by atoms with Gasteiger partial charge in [0.2, 0.25) is 5.91 Å². The molecule has 0 aliphatic carbocycles. The Morgan fingerprint density at radius 1 is 1.03 bits per heavy atom. The number of nitrogens with zero attached hydrogens (tertiary/aromatic N) is 2. The number of carbonyl (C=O) groups excluding carboxylic acids is 1. The summed E-state index contributed by atoms with van der Waals surface area (Å²) in [6, 6.07) is 11.9. The van der Waals surface area contributed by atoms with E-state index in [-0.39, 0.29) is 29.8 Å². The van der Waals surface area contributed by atoms with Crippen LogP contribution < -0.4 is 9.04 Å². The van der Waals surface area contributed by atoms with Gasteiger partial charge < -0.3 is 9.64 Å². The van der Waals surface area contributed by atoms with E-state index < -0.39 is 10.0 Å². The van der Waals surface area contributed by atoms with Gasteiger partial charge in [-0.2, -0.15) is 0 Å². The molecule has 29 heavy (non-hydrogen) atoms. The Balaban J connectivity index is 2.42. The number of hydrogen-bond donors (Lipinski definition) is 0. The fourth-order valence-electron chi connectivity index (χ4n) is 2.80. The lowest BCUT2D eigenvalue weighted by molar-refractivity contribution is -0.131. The largest absolute Gasteiger partial charge is 0.497 e. The van der Waals surface area contributed by atoms with E-state index in [4.69, 9.17) is 4.74 Å². The van der Waals surface area contributed by atoms with Gasteiger partial charge in [0.1, 0.15) is 5.75 Å². The van der Waals surface area contributed by atoms with Crippen molar-refractivity contribution in [2.24, 2.45) is 0 Å². The van der Waals surface area contributed by atoms with Gasteiger partial charge in [-0.15, -0.1) is 0 Å². The number of methoxy groups -OCH3 is 1. The molecule has 0 atom stereocenters. The topological polar surface area (TPSA) is 66.9 Å². The fourth-order valence-corrected chi connectivity index (χ4v) is 4.35. The van der Waals surface area contributed by atoms with Gasteiger partial charge in [0.15, 0.2) is 0 Å². The molecule has 0 aromatic heterocycles. The Morgan fingerprint density at radius 2 is 1.66 bits per heavy atom. The second-order valence-electron chi connectivity index (χ2n) is 7.37. The molecular formula is C22H30N2O4S. The second kappa shape index (κ2) is 9.31. The number of carbonyl (C=O) groups is 1. The van der Waals surface area contributed by atoms with Crippen LogP contribution in [-0.4, -0.2) is 46.0 Å². The molecule has 0 aliphatic heterocycles. The summed E-state index contributed by atoms with van der Waals surface area (Å²) in [5.41, 5.74) is 2.41. The van der Waals surface area contributed by atoms with Crippen LogP contribution >= 0.6 is 0 Å². The molecule has 0 saturated carbocycles. The Bertz CT molecular complexity index is 953. The molecule has 6 nitrogen and oxygen atoms in total. The molecule has 0 unspecified atom stereocenters. The lowest BCUT2D eigenvalue weighted by Crippen LogP contribution is -2.38. The van der Waals surface area contributed by atoms with Crippen LogP contribution in [0.5, 0.6) is 5.75 Å². The standard InChI is InChI=1S/C22H30N2O4S/c1-16(2)23(5)22(25)13-14-24(19-8-10-20(28-6)11-9-19)29(26,27)21-12-7-17(3)18(4)15-21/h7-12,15-16H,13-14H2,1-6H3.